The zero-order valence-electron chi connectivity index (χ0n) is 10.1. The van der Waals surface area contributed by atoms with E-state index in [0.717, 1.165) is 16.9 Å². The Morgan fingerprint density at radius 1 is 1.13 bits per heavy atom. The summed E-state index contributed by atoms with van der Waals surface area (Å²) in [4.78, 5) is 7.08. The van der Waals surface area contributed by atoms with Crippen LogP contribution in [0.5, 0.6) is 0 Å². The largest absolute Gasteiger partial charge is 0.342 e. The molecule has 1 aromatic heterocycles. The van der Waals surface area contributed by atoms with Crippen molar-refractivity contribution < 1.29 is 4.39 Å². The number of nitrogens with zero attached hydrogens (tertiary/aromatic N) is 1. The highest BCUT2D eigenvalue weighted by Gasteiger charge is 1.98. The molecular weight excluding hydrogens is 191 g/mol. The lowest BCUT2D eigenvalue weighted by molar-refractivity contribution is 0.629. The minimum atomic E-state index is -0.235. The molecule has 1 heterocycles. The number of aryl methyl sites for hydroxylation is 1. The summed E-state index contributed by atoms with van der Waals surface area (Å²) in [5, 5.41) is 0. The molecular formula is C12H19FN2. The van der Waals surface area contributed by atoms with Crippen molar-refractivity contribution in [2.45, 2.75) is 34.6 Å². The number of rotatable bonds is 0. The molecule has 1 N–H and O–H groups in total. The number of H-pyrrole nitrogens is 1. The van der Waals surface area contributed by atoms with Gasteiger partial charge in [0.2, 0.25) is 0 Å². The molecule has 0 saturated heterocycles. The van der Waals surface area contributed by atoms with Gasteiger partial charge in [-0.3, -0.25) is 0 Å². The number of nitrogens with one attached hydrogen (secondary N) is 1. The van der Waals surface area contributed by atoms with E-state index in [1.807, 2.05) is 34.6 Å². The third kappa shape index (κ3) is 3.70. The van der Waals surface area contributed by atoms with Crippen LogP contribution >= 0.6 is 0 Å². The van der Waals surface area contributed by atoms with Gasteiger partial charge in [-0.15, -0.1) is 0 Å². The molecule has 2 nitrogen and oxygen atoms in total. The van der Waals surface area contributed by atoms with Gasteiger partial charge < -0.3 is 4.98 Å². The van der Waals surface area contributed by atoms with Crippen molar-refractivity contribution in [1.82, 2.24) is 9.97 Å². The first-order chi connectivity index (χ1) is 7.25. The van der Waals surface area contributed by atoms with Crippen LogP contribution in [0.4, 0.5) is 4.39 Å². The fourth-order valence-electron chi connectivity index (χ4n) is 1.11. The van der Waals surface area contributed by atoms with Crippen molar-refractivity contribution in [2.24, 2.45) is 0 Å². The Labute approximate surface area is 90.5 Å². The summed E-state index contributed by atoms with van der Waals surface area (Å²) < 4.78 is 12.6. The topological polar surface area (TPSA) is 28.7 Å². The summed E-state index contributed by atoms with van der Waals surface area (Å²) in [6.45, 7) is 9.85. The van der Waals surface area contributed by atoms with Crippen LogP contribution in [0.25, 0.3) is 11.0 Å². The van der Waals surface area contributed by atoms with E-state index in [0.29, 0.717) is 0 Å². The number of aromatic nitrogens is 2. The molecule has 0 unspecified atom stereocenters. The number of hydrogen-bond acceptors (Lipinski definition) is 1. The molecule has 1 aromatic carbocycles. The predicted molar refractivity (Wildman–Crippen MR) is 63.5 cm³/mol. The van der Waals surface area contributed by atoms with E-state index in [4.69, 9.17) is 0 Å². The number of aromatic amines is 1. The highest BCUT2D eigenvalue weighted by Crippen LogP contribution is 2.11. The molecule has 0 amide bonds. The van der Waals surface area contributed by atoms with E-state index < -0.39 is 0 Å². The van der Waals surface area contributed by atoms with Crippen molar-refractivity contribution in [3.05, 3.63) is 29.8 Å². The average molecular weight is 210 g/mol. The third-order valence-corrected chi connectivity index (χ3v) is 1.56. The van der Waals surface area contributed by atoms with Gasteiger partial charge in [0.1, 0.15) is 11.6 Å². The van der Waals surface area contributed by atoms with Crippen LogP contribution in [0.2, 0.25) is 0 Å². The number of halogens is 1. The van der Waals surface area contributed by atoms with Gasteiger partial charge in [-0.05, 0) is 25.1 Å². The molecule has 3 heteroatoms. The number of hydrogen-bond donors (Lipinski definition) is 1. The molecule has 0 aliphatic heterocycles. The molecule has 2 aromatic rings. The van der Waals surface area contributed by atoms with Crippen LogP contribution in [-0.4, -0.2) is 9.97 Å². The summed E-state index contributed by atoms with van der Waals surface area (Å²) >= 11 is 0. The number of benzene rings is 1. The Kier molecular flexibility index (Phi) is 6.34. The first-order valence-electron chi connectivity index (χ1n) is 5.37. The molecule has 0 spiro atoms. The lowest BCUT2D eigenvalue weighted by atomic mass is 10.3. The van der Waals surface area contributed by atoms with Gasteiger partial charge in [0, 0.05) is 0 Å². The second-order valence-electron chi connectivity index (χ2n) is 2.48. The van der Waals surface area contributed by atoms with Gasteiger partial charge >= 0.3 is 0 Å². The summed E-state index contributed by atoms with van der Waals surface area (Å²) in [5.74, 6) is 0.576. The van der Waals surface area contributed by atoms with E-state index in [1.165, 1.54) is 12.1 Å². The molecule has 0 aliphatic carbocycles. The Bertz CT molecular complexity index is 393. The Morgan fingerprint density at radius 2 is 1.73 bits per heavy atom. The highest BCUT2D eigenvalue weighted by molar-refractivity contribution is 5.74. The zero-order chi connectivity index (χ0) is 11.8. The second kappa shape index (κ2) is 6.98. The normalized spacial score (nSPS) is 8.67. The Hall–Kier alpha value is -1.38. The quantitative estimate of drug-likeness (QED) is 0.697. The van der Waals surface area contributed by atoms with Crippen molar-refractivity contribution >= 4 is 11.0 Å². The van der Waals surface area contributed by atoms with E-state index in [1.54, 1.807) is 6.07 Å². The minimum absolute atomic E-state index is 0.235. The van der Waals surface area contributed by atoms with Gasteiger partial charge in [-0.25, -0.2) is 9.37 Å². The van der Waals surface area contributed by atoms with Crippen molar-refractivity contribution in [2.75, 3.05) is 0 Å². The Morgan fingerprint density at radius 3 is 2.33 bits per heavy atom. The number of fused-ring (bicyclic) bond motifs is 1. The summed E-state index contributed by atoms with van der Waals surface area (Å²) in [6.07, 6.45) is 0. The molecule has 0 bridgehead atoms. The zero-order valence-corrected chi connectivity index (χ0v) is 10.1. The van der Waals surface area contributed by atoms with E-state index in [9.17, 15) is 4.39 Å². The SMILES string of the molecule is CC.CC.Cc1nc2ccc(F)cc2[nH]1. The van der Waals surface area contributed by atoms with E-state index >= 15 is 0 Å². The van der Waals surface area contributed by atoms with E-state index in [-0.39, 0.29) is 5.82 Å². The predicted octanol–water partition coefficient (Wildman–Crippen LogP) is 4.06. The first kappa shape index (κ1) is 13.6. The maximum atomic E-state index is 12.6. The Balaban J connectivity index is 0.000000442. The van der Waals surface area contributed by atoms with Crippen LogP contribution in [0.3, 0.4) is 0 Å². The van der Waals surface area contributed by atoms with Crippen molar-refractivity contribution in [3.63, 3.8) is 0 Å². The first-order valence-corrected chi connectivity index (χ1v) is 5.37. The molecule has 0 fully saturated rings. The molecule has 0 saturated carbocycles. The molecule has 84 valence electrons. The maximum absolute atomic E-state index is 12.6. The summed E-state index contributed by atoms with van der Waals surface area (Å²) in [5.41, 5.74) is 1.56. The van der Waals surface area contributed by atoms with Crippen LogP contribution in [0.1, 0.15) is 33.5 Å². The van der Waals surface area contributed by atoms with Crippen molar-refractivity contribution in [1.29, 1.82) is 0 Å². The smallest absolute Gasteiger partial charge is 0.125 e. The number of imidazole rings is 1. The van der Waals surface area contributed by atoms with Crippen molar-refractivity contribution in [3.8, 4) is 0 Å². The summed E-state index contributed by atoms with van der Waals surface area (Å²) in [7, 11) is 0. The molecule has 2 rings (SSSR count). The van der Waals surface area contributed by atoms with Gasteiger partial charge in [-0.1, -0.05) is 27.7 Å². The lowest BCUT2D eigenvalue weighted by Gasteiger charge is -1.86. The third-order valence-electron chi connectivity index (χ3n) is 1.56. The molecule has 15 heavy (non-hydrogen) atoms. The lowest BCUT2D eigenvalue weighted by Crippen LogP contribution is -1.72. The molecule has 0 aliphatic rings. The average Bonchev–Trinajstić information content (AvgIpc) is 2.63. The van der Waals surface area contributed by atoms with Crippen LogP contribution in [0, 0.1) is 12.7 Å². The van der Waals surface area contributed by atoms with Crippen LogP contribution in [0.15, 0.2) is 18.2 Å². The van der Waals surface area contributed by atoms with Crippen LogP contribution in [-0.2, 0) is 0 Å². The fraction of sp³-hybridized carbons (Fsp3) is 0.417. The minimum Gasteiger partial charge on any atom is -0.342 e. The standard InChI is InChI=1S/C8H7FN2.2C2H6/c1-5-10-7-3-2-6(9)4-8(7)11-5;2*1-2/h2-4H,1H3,(H,10,11);2*1-2H3. The van der Waals surface area contributed by atoms with Gasteiger partial charge in [-0.2, -0.15) is 0 Å². The monoisotopic (exact) mass is 210 g/mol. The fourth-order valence-corrected chi connectivity index (χ4v) is 1.11. The van der Waals surface area contributed by atoms with Crippen LogP contribution < -0.4 is 0 Å². The highest BCUT2D eigenvalue weighted by atomic mass is 19.1. The second-order valence-corrected chi connectivity index (χ2v) is 2.48. The van der Waals surface area contributed by atoms with Gasteiger partial charge in [0.25, 0.3) is 0 Å². The van der Waals surface area contributed by atoms with Gasteiger partial charge in [0.05, 0.1) is 11.0 Å². The molecule has 0 atom stereocenters. The van der Waals surface area contributed by atoms with Gasteiger partial charge in [0.15, 0.2) is 0 Å². The maximum Gasteiger partial charge on any atom is 0.125 e. The molecule has 0 radical (unpaired) electrons. The summed E-state index contributed by atoms with van der Waals surface area (Å²) in [6, 6.07) is 4.51. The van der Waals surface area contributed by atoms with E-state index in [2.05, 4.69) is 9.97 Å².